The molecule has 1 fully saturated rings. The lowest BCUT2D eigenvalue weighted by Crippen LogP contribution is -2.40. The molecule has 1 saturated carbocycles. The fourth-order valence-corrected chi connectivity index (χ4v) is 1.07. The number of aliphatic imine (C=N–C) groups is 1. The summed E-state index contributed by atoms with van der Waals surface area (Å²) < 4.78 is 0. The molecule has 1 aliphatic carbocycles. The van der Waals surface area contributed by atoms with Gasteiger partial charge in [-0.3, -0.25) is 4.99 Å². The predicted molar refractivity (Wildman–Crippen MR) is 64.6 cm³/mol. The molecule has 0 bridgehead atoms. The quantitative estimate of drug-likeness (QED) is 0.396. The second-order valence-electron chi connectivity index (χ2n) is 3.19. The van der Waals surface area contributed by atoms with Gasteiger partial charge in [-0.05, 0) is 12.3 Å². The summed E-state index contributed by atoms with van der Waals surface area (Å²) in [4.78, 5) is 4.02. The van der Waals surface area contributed by atoms with Crippen molar-refractivity contribution in [2.24, 2.45) is 10.9 Å². The van der Waals surface area contributed by atoms with Crippen molar-refractivity contribution in [2.45, 2.75) is 19.4 Å². The Morgan fingerprint density at radius 2 is 2.23 bits per heavy atom. The van der Waals surface area contributed by atoms with Gasteiger partial charge >= 0.3 is 0 Å². The molecular weight excluding hydrogens is 281 g/mol. The lowest BCUT2D eigenvalue weighted by molar-refractivity contribution is 0.300. The van der Waals surface area contributed by atoms with E-state index in [-0.39, 0.29) is 30.6 Å². The number of hydrogen-bond acceptors (Lipinski definition) is 2. The van der Waals surface area contributed by atoms with Crippen molar-refractivity contribution in [3.63, 3.8) is 0 Å². The van der Waals surface area contributed by atoms with Crippen molar-refractivity contribution >= 4 is 29.9 Å². The maximum Gasteiger partial charge on any atom is 0.191 e. The average molecular weight is 299 g/mol. The minimum Gasteiger partial charge on any atom is -0.395 e. The lowest BCUT2D eigenvalue weighted by Gasteiger charge is -2.09. The molecule has 0 saturated heterocycles. The standard InChI is InChI=1S/C8H17N3O.HI/c1-6-5-7(6)11-8(9-2)10-3-4-12;/h6-7,12H,3-5H2,1-2H3,(H2,9,10,11);1H. The first kappa shape index (κ1) is 13.0. The summed E-state index contributed by atoms with van der Waals surface area (Å²) in [5.41, 5.74) is 0. The second-order valence-corrected chi connectivity index (χ2v) is 3.19. The normalized spacial score (nSPS) is 26.2. The highest BCUT2D eigenvalue weighted by molar-refractivity contribution is 14.0. The topological polar surface area (TPSA) is 56.7 Å². The molecule has 13 heavy (non-hydrogen) atoms. The van der Waals surface area contributed by atoms with E-state index in [1.807, 2.05) is 0 Å². The zero-order chi connectivity index (χ0) is 8.97. The van der Waals surface area contributed by atoms with Crippen molar-refractivity contribution in [1.82, 2.24) is 10.6 Å². The number of halogens is 1. The van der Waals surface area contributed by atoms with Crippen molar-refractivity contribution in [2.75, 3.05) is 20.2 Å². The molecule has 2 atom stereocenters. The van der Waals surface area contributed by atoms with Gasteiger partial charge in [-0.2, -0.15) is 0 Å². The third-order valence-electron chi connectivity index (χ3n) is 2.06. The van der Waals surface area contributed by atoms with E-state index in [0.29, 0.717) is 12.6 Å². The van der Waals surface area contributed by atoms with Crippen LogP contribution in [0.25, 0.3) is 0 Å². The molecule has 78 valence electrons. The molecule has 1 rings (SSSR count). The van der Waals surface area contributed by atoms with Gasteiger partial charge in [0, 0.05) is 19.6 Å². The van der Waals surface area contributed by atoms with E-state index >= 15 is 0 Å². The summed E-state index contributed by atoms with van der Waals surface area (Å²) in [7, 11) is 1.74. The van der Waals surface area contributed by atoms with Crippen molar-refractivity contribution in [3.8, 4) is 0 Å². The molecule has 0 amide bonds. The maximum absolute atomic E-state index is 8.57. The number of guanidine groups is 1. The van der Waals surface area contributed by atoms with Crippen LogP contribution in [0, 0.1) is 5.92 Å². The number of aliphatic hydroxyl groups excluding tert-OH is 1. The average Bonchev–Trinajstić information content (AvgIpc) is 2.75. The molecule has 1 aliphatic rings. The summed E-state index contributed by atoms with van der Waals surface area (Å²) >= 11 is 0. The highest BCUT2D eigenvalue weighted by Gasteiger charge is 2.32. The molecule has 0 aromatic carbocycles. The zero-order valence-corrected chi connectivity index (χ0v) is 10.4. The van der Waals surface area contributed by atoms with E-state index in [2.05, 4.69) is 22.5 Å². The molecule has 4 nitrogen and oxygen atoms in total. The van der Waals surface area contributed by atoms with Crippen molar-refractivity contribution < 1.29 is 5.11 Å². The van der Waals surface area contributed by atoms with E-state index in [0.717, 1.165) is 11.9 Å². The van der Waals surface area contributed by atoms with Crippen LogP contribution in [0.15, 0.2) is 4.99 Å². The molecule has 0 heterocycles. The Bertz CT molecular complexity index is 175. The van der Waals surface area contributed by atoms with Gasteiger partial charge in [0.15, 0.2) is 5.96 Å². The van der Waals surface area contributed by atoms with E-state index < -0.39 is 0 Å². The number of rotatable bonds is 3. The van der Waals surface area contributed by atoms with Crippen LogP contribution in [0.1, 0.15) is 13.3 Å². The van der Waals surface area contributed by atoms with Gasteiger partial charge in [0.05, 0.1) is 6.61 Å². The van der Waals surface area contributed by atoms with Crippen LogP contribution in [-0.4, -0.2) is 37.3 Å². The number of nitrogens with zero attached hydrogens (tertiary/aromatic N) is 1. The first-order chi connectivity index (χ1) is 5.77. The van der Waals surface area contributed by atoms with Gasteiger partial charge < -0.3 is 15.7 Å². The van der Waals surface area contributed by atoms with Crippen LogP contribution >= 0.6 is 24.0 Å². The first-order valence-corrected chi connectivity index (χ1v) is 4.36. The monoisotopic (exact) mass is 299 g/mol. The smallest absolute Gasteiger partial charge is 0.191 e. The maximum atomic E-state index is 8.57. The van der Waals surface area contributed by atoms with E-state index in [9.17, 15) is 0 Å². The lowest BCUT2D eigenvalue weighted by atomic mass is 10.5. The van der Waals surface area contributed by atoms with Gasteiger partial charge in [0.2, 0.25) is 0 Å². The molecule has 3 N–H and O–H groups in total. The molecule has 0 spiro atoms. The fraction of sp³-hybridized carbons (Fsp3) is 0.875. The van der Waals surface area contributed by atoms with Gasteiger partial charge in [-0.1, -0.05) is 6.92 Å². The van der Waals surface area contributed by atoms with Gasteiger partial charge in [-0.25, -0.2) is 0 Å². The van der Waals surface area contributed by atoms with Crippen LogP contribution in [0.2, 0.25) is 0 Å². The summed E-state index contributed by atoms with van der Waals surface area (Å²) in [5.74, 6) is 1.55. The minimum atomic E-state index is 0. The Kier molecular flexibility index (Phi) is 6.40. The summed E-state index contributed by atoms with van der Waals surface area (Å²) in [6.45, 7) is 2.90. The largest absolute Gasteiger partial charge is 0.395 e. The molecule has 0 aliphatic heterocycles. The Hall–Kier alpha value is -0.0400. The van der Waals surface area contributed by atoms with E-state index in [4.69, 9.17) is 5.11 Å². The van der Waals surface area contributed by atoms with Gasteiger partial charge in [-0.15, -0.1) is 24.0 Å². The molecular formula is C8H18IN3O. The Morgan fingerprint density at radius 3 is 2.62 bits per heavy atom. The second kappa shape index (κ2) is 6.42. The van der Waals surface area contributed by atoms with Crippen molar-refractivity contribution in [3.05, 3.63) is 0 Å². The predicted octanol–water partition coefficient (Wildman–Crippen LogP) is 0.170. The van der Waals surface area contributed by atoms with Gasteiger partial charge in [0.1, 0.15) is 0 Å². The zero-order valence-electron chi connectivity index (χ0n) is 8.08. The Labute approximate surface area is 96.2 Å². The highest BCUT2D eigenvalue weighted by Crippen LogP contribution is 2.28. The molecule has 0 aromatic rings. The highest BCUT2D eigenvalue weighted by atomic mass is 127. The third-order valence-corrected chi connectivity index (χ3v) is 2.06. The van der Waals surface area contributed by atoms with E-state index in [1.165, 1.54) is 6.42 Å². The third kappa shape index (κ3) is 4.66. The van der Waals surface area contributed by atoms with Crippen LogP contribution in [0.4, 0.5) is 0 Å². The minimum absolute atomic E-state index is 0. The van der Waals surface area contributed by atoms with Crippen LogP contribution in [-0.2, 0) is 0 Å². The first-order valence-electron chi connectivity index (χ1n) is 4.36. The number of hydrogen-bond donors (Lipinski definition) is 3. The van der Waals surface area contributed by atoms with E-state index in [1.54, 1.807) is 7.05 Å². The Balaban J connectivity index is 0.00000144. The number of nitrogens with one attached hydrogen (secondary N) is 2. The summed E-state index contributed by atoms with van der Waals surface area (Å²) in [6, 6.07) is 0.579. The molecule has 0 radical (unpaired) electrons. The van der Waals surface area contributed by atoms with Crippen molar-refractivity contribution in [1.29, 1.82) is 0 Å². The van der Waals surface area contributed by atoms with Gasteiger partial charge in [0.25, 0.3) is 0 Å². The summed E-state index contributed by atoms with van der Waals surface area (Å²) in [5, 5.41) is 14.8. The Morgan fingerprint density at radius 1 is 1.62 bits per heavy atom. The fourth-order valence-electron chi connectivity index (χ4n) is 1.07. The summed E-state index contributed by atoms with van der Waals surface area (Å²) in [6.07, 6.45) is 1.22. The SMILES string of the molecule is CN=C(NCCO)NC1CC1C.I. The van der Waals surface area contributed by atoms with Crippen LogP contribution in [0.3, 0.4) is 0 Å². The molecule has 2 unspecified atom stereocenters. The van der Waals surface area contributed by atoms with Crippen LogP contribution in [0.5, 0.6) is 0 Å². The number of aliphatic hydroxyl groups is 1. The molecule has 0 aromatic heterocycles. The molecule has 5 heteroatoms. The van der Waals surface area contributed by atoms with Crippen LogP contribution < -0.4 is 10.6 Å².